The normalized spacial score (nSPS) is 10.6. The highest BCUT2D eigenvalue weighted by molar-refractivity contribution is 6.06. The van der Waals surface area contributed by atoms with Crippen molar-refractivity contribution in [1.82, 2.24) is 0 Å². The van der Waals surface area contributed by atoms with Crippen LogP contribution in [-0.4, -0.2) is 24.3 Å². The summed E-state index contributed by atoms with van der Waals surface area (Å²) in [6, 6.07) is 16.9. The van der Waals surface area contributed by atoms with Crippen LogP contribution < -0.4 is 9.47 Å². The molecule has 3 aromatic rings. The molecule has 0 saturated heterocycles. The van der Waals surface area contributed by atoms with E-state index < -0.39 is 5.97 Å². The van der Waals surface area contributed by atoms with Crippen molar-refractivity contribution in [3.63, 3.8) is 0 Å². The second-order valence-electron chi connectivity index (χ2n) is 5.88. The van der Waals surface area contributed by atoms with E-state index in [1.54, 1.807) is 12.1 Å². The van der Waals surface area contributed by atoms with Gasteiger partial charge in [0.15, 0.2) is 0 Å². The molecule has 0 unspecified atom stereocenters. The predicted molar refractivity (Wildman–Crippen MR) is 97.8 cm³/mol. The van der Waals surface area contributed by atoms with Crippen LogP contribution in [-0.2, 0) is 0 Å². The summed E-state index contributed by atoms with van der Waals surface area (Å²) in [5.41, 5.74) is 2.32. The molecule has 4 nitrogen and oxygen atoms in total. The smallest absolute Gasteiger partial charge is 0.340 e. The summed E-state index contributed by atoms with van der Waals surface area (Å²) in [4.78, 5) is 11.7. The van der Waals surface area contributed by atoms with Gasteiger partial charge in [0.1, 0.15) is 30.3 Å². The Labute approximate surface area is 146 Å². The van der Waals surface area contributed by atoms with Crippen LogP contribution in [0, 0.1) is 13.8 Å². The minimum atomic E-state index is -0.998. The van der Waals surface area contributed by atoms with Gasteiger partial charge in [-0.05, 0) is 41.8 Å². The zero-order valence-electron chi connectivity index (χ0n) is 14.3. The van der Waals surface area contributed by atoms with Gasteiger partial charge in [-0.25, -0.2) is 4.79 Å². The highest BCUT2D eigenvalue weighted by atomic mass is 16.5. The fourth-order valence-corrected chi connectivity index (χ4v) is 2.91. The third-order valence-corrected chi connectivity index (χ3v) is 4.10. The Kier molecular flexibility index (Phi) is 4.89. The molecule has 25 heavy (non-hydrogen) atoms. The second-order valence-corrected chi connectivity index (χ2v) is 5.88. The topological polar surface area (TPSA) is 55.8 Å². The van der Waals surface area contributed by atoms with Gasteiger partial charge >= 0.3 is 5.97 Å². The Morgan fingerprint density at radius 3 is 2.28 bits per heavy atom. The third kappa shape index (κ3) is 3.58. The summed E-state index contributed by atoms with van der Waals surface area (Å²) in [6.45, 7) is 4.61. The van der Waals surface area contributed by atoms with Crippen LogP contribution in [0.3, 0.4) is 0 Å². The molecule has 4 heteroatoms. The summed E-state index contributed by atoms with van der Waals surface area (Å²) in [5, 5.41) is 11.1. The van der Waals surface area contributed by atoms with Crippen molar-refractivity contribution in [2.24, 2.45) is 0 Å². The number of hydrogen-bond donors (Lipinski definition) is 1. The molecule has 3 rings (SSSR count). The maximum absolute atomic E-state index is 11.7. The number of aromatic carboxylic acids is 1. The average molecular weight is 336 g/mol. The molecule has 0 saturated carbocycles. The molecule has 0 aliphatic rings. The first-order chi connectivity index (χ1) is 12.1. The van der Waals surface area contributed by atoms with Gasteiger partial charge in [-0.1, -0.05) is 48.5 Å². The van der Waals surface area contributed by atoms with Crippen LogP contribution in [0.5, 0.6) is 11.5 Å². The molecule has 0 fully saturated rings. The summed E-state index contributed by atoms with van der Waals surface area (Å²) in [7, 11) is 0. The van der Waals surface area contributed by atoms with E-state index in [-0.39, 0.29) is 12.2 Å². The molecule has 0 aliphatic carbocycles. The minimum Gasteiger partial charge on any atom is -0.489 e. The number of carboxylic acid groups (broad SMARTS) is 1. The number of ether oxygens (including phenoxy) is 2. The third-order valence-electron chi connectivity index (χ3n) is 4.10. The highest BCUT2D eigenvalue weighted by Gasteiger charge is 2.15. The monoisotopic (exact) mass is 336 g/mol. The van der Waals surface area contributed by atoms with E-state index in [9.17, 15) is 9.90 Å². The van der Waals surface area contributed by atoms with Gasteiger partial charge in [0.2, 0.25) is 0 Å². The largest absolute Gasteiger partial charge is 0.489 e. The van der Waals surface area contributed by atoms with Gasteiger partial charge in [-0.15, -0.1) is 0 Å². The highest BCUT2D eigenvalue weighted by Crippen LogP contribution is 2.28. The number of aryl methyl sites for hydroxylation is 2. The summed E-state index contributed by atoms with van der Waals surface area (Å²) >= 11 is 0. The number of fused-ring (bicyclic) bond motifs is 1. The van der Waals surface area contributed by atoms with Crippen molar-refractivity contribution in [2.75, 3.05) is 13.2 Å². The molecule has 0 aromatic heterocycles. The van der Waals surface area contributed by atoms with Crippen molar-refractivity contribution in [1.29, 1.82) is 0 Å². The van der Waals surface area contributed by atoms with Crippen LogP contribution >= 0.6 is 0 Å². The lowest BCUT2D eigenvalue weighted by atomic mass is 10.0. The molecule has 0 radical (unpaired) electrons. The molecular weight excluding hydrogens is 316 g/mol. The first-order valence-corrected chi connectivity index (χ1v) is 8.15. The Balaban J connectivity index is 1.73. The van der Waals surface area contributed by atoms with Gasteiger partial charge in [0, 0.05) is 0 Å². The zero-order valence-corrected chi connectivity index (χ0v) is 14.3. The maximum Gasteiger partial charge on any atom is 0.340 e. The van der Waals surface area contributed by atoms with E-state index in [1.165, 1.54) is 0 Å². The van der Waals surface area contributed by atoms with E-state index >= 15 is 0 Å². The Morgan fingerprint density at radius 1 is 0.880 bits per heavy atom. The Morgan fingerprint density at radius 2 is 1.56 bits per heavy atom. The van der Waals surface area contributed by atoms with Gasteiger partial charge in [-0.2, -0.15) is 0 Å². The molecule has 0 amide bonds. The molecule has 128 valence electrons. The van der Waals surface area contributed by atoms with E-state index in [2.05, 4.69) is 0 Å². The first-order valence-electron chi connectivity index (χ1n) is 8.15. The molecule has 3 aromatic carbocycles. The molecule has 0 bridgehead atoms. The van der Waals surface area contributed by atoms with Crippen LogP contribution in [0.4, 0.5) is 0 Å². The number of benzene rings is 3. The van der Waals surface area contributed by atoms with Crippen molar-refractivity contribution < 1.29 is 19.4 Å². The van der Waals surface area contributed by atoms with Crippen molar-refractivity contribution in [3.8, 4) is 11.5 Å². The van der Waals surface area contributed by atoms with E-state index in [4.69, 9.17) is 9.47 Å². The number of rotatable bonds is 6. The van der Waals surface area contributed by atoms with Gasteiger partial charge in [0.25, 0.3) is 0 Å². The van der Waals surface area contributed by atoms with Crippen LogP contribution in [0.15, 0.2) is 54.6 Å². The average Bonchev–Trinajstić information content (AvgIpc) is 2.60. The van der Waals surface area contributed by atoms with Crippen molar-refractivity contribution >= 4 is 16.7 Å². The number of para-hydroxylation sites is 1. The quantitative estimate of drug-likeness (QED) is 0.668. The van der Waals surface area contributed by atoms with Gasteiger partial charge in [0.05, 0.1) is 0 Å². The molecule has 0 spiro atoms. The minimum absolute atomic E-state index is 0.185. The van der Waals surface area contributed by atoms with Crippen LogP contribution in [0.1, 0.15) is 21.5 Å². The van der Waals surface area contributed by atoms with E-state index in [0.29, 0.717) is 17.7 Å². The van der Waals surface area contributed by atoms with Crippen LogP contribution in [0.2, 0.25) is 0 Å². The number of hydrogen-bond acceptors (Lipinski definition) is 3. The lowest BCUT2D eigenvalue weighted by molar-refractivity contribution is 0.0693. The Hall–Kier alpha value is -3.01. The molecule has 0 heterocycles. The maximum atomic E-state index is 11.7. The van der Waals surface area contributed by atoms with Gasteiger partial charge < -0.3 is 14.6 Å². The molecule has 0 aliphatic heterocycles. The predicted octanol–water partition coefficient (Wildman–Crippen LogP) is 4.61. The number of carbonyl (C=O) groups is 1. The zero-order chi connectivity index (χ0) is 17.8. The molecular formula is C21H20O4. The summed E-state index contributed by atoms with van der Waals surface area (Å²) in [6.07, 6.45) is 0. The molecule has 0 atom stereocenters. The fraction of sp³-hybridized carbons (Fsp3) is 0.190. The lowest BCUT2D eigenvalue weighted by Crippen LogP contribution is -2.12. The lowest BCUT2D eigenvalue weighted by Gasteiger charge is -2.14. The van der Waals surface area contributed by atoms with Crippen molar-refractivity contribution in [3.05, 3.63) is 71.3 Å². The first kappa shape index (κ1) is 16.8. The summed E-state index contributed by atoms with van der Waals surface area (Å²) < 4.78 is 11.5. The fourth-order valence-electron chi connectivity index (χ4n) is 2.91. The van der Waals surface area contributed by atoms with Crippen LogP contribution in [0.25, 0.3) is 10.8 Å². The summed E-state index contributed by atoms with van der Waals surface area (Å²) in [5.74, 6) is 0.210. The van der Waals surface area contributed by atoms with Gasteiger partial charge in [-0.3, -0.25) is 0 Å². The standard InChI is InChI=1S/C21H20O4/c1-14-6-5-7-15(2)20(14)25-13-12-24-18-11-10-16-8-3-4-9-17(16)19(18)21(22)23/h3-11H,12-13H2,1-2H3,(H,22,23). The van der Waals surface area contributed by atoms with E-state index in [1.807, 2.05) is 56.3 Å². The Bertz CT molecular complexity index is 895. The molecule has 1 N–H and O–H groups in total. The SMILES string of the molecule is Cc1cccc(C)c1OCCOc1ccc2ccccc2c1C(=O)O. The van der Waals surface area contributed by atoms with Crippen molar-refractivity contribution in [2.45, 2.75) is 13.8 Å². The van der Waals surface area contributed by atoms with E-state index in [0.717, 1.165) is 22.3 Å². The number of carboxylic acids is 1. The second kappa shape index (κ2) is 7.26.